The number of carbonyl (C=O) groups is 2. The van der Waals surface area contributed by atoms with Gasteiger partial charge in [0.1, 0.15) is 0 Å². The van der Waals surface area contributed by atoms with E-state index in [9.17, 15) is 9.59 Å². The van der Waals surface area contributed by atoms with Crippen LogP contribution in [-0.2, 0) is 9.59 Å². The highest BCUT2D eigenvalue weighted by Gasteiger charge is 2.32. The van der Waals surface area contributed by atoms with Crippen molar-refractivity contribution in [1.82, 2.24) is 10.2 Å². The second-order valence-corrected chi connectivity index (χ2v) is 6.04. The van der Waals surface area contributed by atoms with Crippen molar-refractivity contribution in [3.05, 3.63) is 0 Å². The Morgan fingerprint density at radius 3 is 2.35 bits per heavy atom. The summed E-state index contributed by atoms with van der Waals surface area (Å²) in [5.41, 5.74) is 5.44. The molecule has 0 aromatic rings. The molecule has 2 amide bonds. The van der Waals surface area contributed by atoms with Crippen molar-refractivity contribution in [2.24, 2.45) is 11.7 Å². The van der Waals surface area contributed by atoms with E-state index in [0.717, 1.165) is 58.0 Å². The van der Waals surface area contributed by atoms with Crippen molar-refractivity contribution >= 4 is 11.8 Å². The number of amides is 2. The summed E-state index contributed by atoms with van der Waals surface area (Å²) in [7, 11) is 0. The molecule has 114 valence electrons. The number of nitrogens with zero attached hydrogens (tertiary/aromatic N) is 1. The molecule has 0 aromatic heterocycles. The molecule has 0 atom stereocenters. The minimum atomic E-state index is 0.219. The van der Waals surface area contributed by atoms with Crippen molar-refractivity contribution in [1.29, 1.82) is 0 Å². The van der Waals surface area contributed by atoms with Crippen LogP contribution in [0.5, 0.6) is 0 Å². The van der Waals surface area contributed by atoms with Crippen LogP contribution in [0.3, 0.4) is 0 Å². The van der Waals surface area contributed by atoms with Crippen LogP contribution >= 0.6 is 0 Å². The lowest BCUT2D eigenvalue weighted by Gasteiger charge is -2.32. The van der Waals surface area contributed by atoms with Crippen LogP contribution in [0.25, 0.3) is 0 Å². The third-order valence-electron chi connectivity index (χ3n) is 4.24. The molecule has 20 heavy (non-hydrogen) atoms. The van der Waals surface area contributed by atoms with Crippen LogP contribution in [-0.4, -0.2) is 42.4 Å². The van der Waals surface area contributed by atoms with Gasteiger partial charge in [0.15, 0.2) is 0 Å². The standard InChI is InChI=1S/C15H27N3O2/c16-9-3-1-2-4-14(19)18-10-7-13(8-11-18)17-15(20)12-5-6-12/h12-13H,1-11,16H2,(H,17,20). The van der Waals surface area contributed by atoms with E-state index in [1.165, 1.54) is 0 Å². The summed E-state index contributed by atoms with van der Waals surface area (Å²) in [5, 5.41) is 3.11. The van der Waals surface area contributed by atoms with Gasteiger partial charge in [-0.15, -0.1) is 0 Å². The van der Waals surface area contributed by atoms with Crippen molar-refractivity contribution in [2.45, 2.75) is 57.4 Å². The normalized spacial score (nSPS) is 19.9. The summed E-state index contributed by atoms with van der Waals surface area (Å²) in [6, 6.07) is 0.268. The number of nitrogens with one attached hydrogen (secondary N) is 1. The molecule has 1 heterocycles. The Balaban J connectivity index is 1.60. The highest BCUT2D eigenvalue weighted by atomic mass is 16.2. The van der Waals surface area contributed by atoms with Crippen molar-refractivity contribution in [3.63, 3.8) is 0 Å². The molecule has 1 saturated carbocycles. The largest absolute Gasteiger partial charge is 0.353 e. The van der Waals surface area contributed by atoms with Gasteiger partial charge in [-0.1, -0.05) is 6.42 Å². The first kappa shape index (κ1) is 15.3. The molecule has 0 bridgehead atoms. The second kappa shape index (κ2) is 7.62. The highest BCUT2D eigenvalue weighted by molar-refractivity contribution is 5.81. The number of hydrogen-bond donors (Lipinski definition) is 2. The van der Waals surface area contributed by atoms with E-state index in [2.05, 4.69) is 5.32 Å². The zero-order valence-corrected chi connectivity index (χ0v) is 12.3. The SMILES string of the molecule is NCCCCCC(=O)N1CCC(NC(=O)C2CC2)CC1. The molecule has 2 rings (SSSR count). The number of carbonyl (C=O) groups excluding carboxylic acids is 2. The Kier molecular flexibility index (Phi) is 5.83. The molecule has 0 radical (unpaired) electrons. The summed E-state index contributed by atoms with van der Waals surface area (Å²) in [6.07, 6.45) is 7.50. The van der Waals surface area contributed by atoms with Crippen molar-refractivity contribution in [3.8, 4) is 0 Å². The molecule has 1 aliphatic carbocycles. The van der Waals surface area contributed by atoms with Gasteiger partial charge in [-0.05, 0) is 45.1 Å². The number of hydrogen-bond acceptors (Lipinski definition) is 3. The maximum Gasteiger partial charge on any atom is 0.223 e. The monoisotopic (exact) mass is 281 g/mol. The van der Waals surface area contributed by atoms with Gasteiger partial charge in [0, 0.05) is 31.5 Å². The quantitative estimate of drug-likeness (QED) is 0.684. The molecule has 2 aliphatic rings. The fourth-order valence-electron chi connectivity index (χ4n) is 2.69. The molecule has 1 aliphatic heterocycles. The molecule has 2 fully saturated rings. The lowest BCUT2D eigenvalue weighted by molar-refractivity contribution is -0.132. The van der Waals surface area contributed by atoms with Gasteiger partial charge in [-0.3, -0.25) is 9.59 Å². The molecule has 5 heteroatoms. The Morgan fingerprint density at radius 2 is 1.75 bits per heavy atom. The van der Waals surface area contributed by atoms with Crippen molar-refractivity contribution < 1.29 is 9.59 Å². The number of rotatable bonds is 7. The van der Waals surface area contributed by atoms with Gasteiger partial charge < -0.3 is 16.0 Å². The van der Waals surface area contributed by atoms with Crippen LogP contribution in [0.1, 0.15) is 51.4 Å². The third kappa shape index (κ3) is 4.78. The molecular weight excluding hydrogens is 254 g/mol. The fraction of sp³-hybridized carbons (Fsp3) is 0.867. The van der Waals surface area contributed by atoms with Gasteiger partial charge in [0.2, 0.25) is 11.8 Å². The number of unbranched alkanes of at least 4 members (excludes halogenated alkanes) is 2. The van der Waals surface area contributed by atoms with Crippen LogP contribution in [0, 0.1) is 5.92 Å². The van der Waals surface area contributed by atoms with Crippen LogP contribution in [0.4, 0.5) is 0 Å². The first-order chi connectivity index (χ1) is 9.70. The van der Waals surface area contributed by atoms with Gasteiger partial charge in [0.05, 0.1) is 0 Å². The summed E-state index contributed by atoms with van der Waals surface area (Å²) in [5.74, 6) is 0.753. The van der Waals surface area contributed by atoms with E-state index in [1.807, 2.05) is 4.90 Å². The molecule has 3 N–H and O–H groups in total. The number of likely N-dealkylation sites (tertiary alicyclic amines) is 1. The maximum atomic E-state index is 12.0. The first-order valence-electron chi connectivity index (χ1n) is 7.99. The van der Waals surface area contributed by atoms with Gasteiger partial charge in [-0.2, -0.15) is 0 Å². The van der Waals surface area contributed by atoms with E-state index in [4.69, 9.17) is 5.73 Å². The summed E-state index contributed by atoms with van der Waals surface area (Å²) >= 11 is 0. The molecule has 0 spiro atoms. The lowest BCUT2D eigenvalue weighted by Crippen LogP contribution is -2.46. The van der Waals surface area contributed by atoms with Crippen LogP contribution in [0.15, 0.2) is 0 Å². The van der Waals surface area contributed by atoms with E-state index in [-0.39, 0.29) is 23.8 Å². The Bertz CT molecular complexity index is 334. The maximum absolute atomic E-state index is 12.0. The lowest BCUT2D eigenvalue weighted by atomic mass is 10.0. The number of piperidine rings is 1. The third-order valence-corrected chi connectivity index (χ3v) is 4.24. The van der Waals surface area contributed by atoms with E-state index in [1.54, 1.807) is 0 Å². The zero-order chi connectivity index (χ0) is 14.4. The molecule has 0 aromatic carbocycles. The van der Waals surface area contributed by atoms with Gasteiger partial charge in [-0.25, -0.2) is 0 Å². The number of nitrogens with two attached hydrogens (primary N) is 1. The van der Waals surface area contributed by atoms with Crippen LogP contribution < -0.4 is 11.1 Å². The van der Waals surface area contributed by atoms with Crippen LogP contribution in [0.2, 0.25) is 0 Å². The topological polar surface area (TPSA) is 75.4 Å². The van der Waals surface area contributed by atoms with E-state index >= 15 is 0 Å². The summed E-state index contributed by atoms with van der Waals surface area (Å²) in [6.45, 7) is 2.27. The van der Waals surface area contributed by atoms with Gasteiger partial charge >= 0.3 is 0 Å². The second-order valence-electron chi connectivity index (χ2n) is 6.04. The Labute approximate surface area is 121 Å². The van der Waals surface area contributed by atoms with E-state index < -0.39 is 0 Å². The predicted octanol–water partition coefficient (Wildman–Crippen LogP) is 1.02. The molecule has 5 nitrogen and oxygen atoms in total. The minimum absolute atomic E-state index is 0.219. The zero-order valence-electron chi connectivity index (χ0n) is 12.3. The summed E-state index contributed by atoms with van der Waals surface area (Å²) < 4.78 is 0. The Morgan fingerprint density at radius 1 is 1.05 bits per heavy atom. The predicted molar refractivity (Wildman–Crippen MR) is 78.0 cm³/mol. The average molecular weight is 281 g/mol. The minimum Gasteiger partial charge on any atom is -0.353 e. The molecular formula is C15H27N3O2. The average Bonchev–Trinajstić information content (AvgIpc) is 3.29. The van der Waals surface area contributed by atoms with Crippen molar-refractivity contribution in [2.75, 3.05) is 19.6 Å². The van der Waals surface area contributed by atoms with E-state index in [0.29, 0.717) is 13.0 Å². The van der Waals surface area contributed by atoms with Gasteiger partial charge in [0.25, 0.3) is 0 Å². The first-order valence-corrected chi connectivity index (χ1v) is 7.99. The fourth-order valence-corrected chi connectivity index (χ4v) is 2.69. The highest BCUT2D eigenvalue weighted by Crippen LogP contribution is 2.29. The Hall–Kier alpha value is -1.10. The molecule has 0 unspecified atom stereocenters. The summed E-state index contributed by atoms with van der Waals surface area (Å²) in [4.78, 5) is 25.7. The molecule has 1 saturated heterocycles. The smallest absolute Gasteiger partial charge is 0.223 e.